The molecule has 0 radical (unpaired) electrons. The normalized spacial score (nSPS) is 19.2. The van der Waals surface area contributed by atoms with Crippen LogP contribution in [0.3, 0.4) is 0 Å². The van der Waals surface area contributed by atoms with Gasteiger partial charge in [0.1, 0.15) is 0 Å². The Bertz CT molecular complexity index is 461. The fourth-order valence-electron chi connectivity index (χ4n) is 2.58. The van der Waals surface area contributed by atoms with Gasteiger partial charge in [0.2, 0.25) is 5.91 Å². The van der Waals surface area contributed by atoms with Gasteiger partial charge in [0.15, 0.2) is 0 Å². The molecule has 1 saturated heterocycles. The summed E-state index contributed by atoms with van der Waals surface area (Å²) in [4.78, 5) is 13.8. The second kappa shape index (κ2) is 6.40. The van der Waals surface area contributed by atoms with E-state index in [-0.39, 0.29) is 5.91 Å². The van der Waals surface area contributed by atoms with E-state index in [0.717, 1.165) is 23.6 Å². The highest BCUT2D eigenvalue weighted by molar-refractivity contribution is 6.31. The van der Waals surface area contributed by atoms with Crippen molar-refractivity contribution in [1.29, 1.82) is 0 Å². The summed E-state index contributed by atoms with van der Waals surface area (Å²) >= 11 is 6.02. The molecule has 1 aromatic rings. The number of carbonyl (C=O) groups is 1. The first-order valence-corrected chi connectivity index (χ1v) is 6.99. The van der Waals surface area contributed by atoms with Crippen molar-refractivity contribution in [2.45, 2.75) is 19.8 Å². The fourth-order valence-corrected chi connectivity index (χ4v) is 2.69. The van der Waals surface area contributed by atoms with Gasteiger partial charge in [-0.05, 0) is 36.5 Å². The molecule has 1 heterocycles. The maximum absolute atomic E-state index is 11.9. The van der Waals surface area contributed by atoms with E-state index in [4.69, 9.17) is 16.3 Å². The van der Waals surface area contributed by atoms with E-state index in [0.29, 0.717) is 25.5 Å². The van der Waals surface area contributed by atoms with Crippen LogP contribution < -0.4 is 0 Å². The highest BCUT2D eigenvalue weighted by Crippen LogP contribution is 2.24. The van der Waals surface area contributed by atoms with Crippen molar-refractivity contribution in [3.8, 4) is 0 Å². The number of rotatable bonds is 5. The van der Waals surface area contributed by atoms with Crippen LogP contribution in [0.4, 0.5) is 0 Å². The lowest BCUT2D eigenvalue weighted by atomic mass is 9.97. The molecule has 3 nitrogen and oxygen atoms in total. The summed E-state index contributed by atoms with van der Waals surface area (Å²) < 4.78 is 5.03. The van der Waals surface area contributed by atoms with Crippen molar-refractivity contribution in [2.75, 3.05) is 26.8 Å². The average molecular weight is 282 g/mol. The number of halogens is 1. The van der Waals surface area contributed by atoms with Crippen LogP contribution in [0.1, 0.15) is 17.5 Å². The first-order valence-electron chi connectivity index (χ1n) is 6.62. The highest BCUT2D eigenvalue weighted by atomic mass is 35.5. The van der Waals surface area contributed by atoms with Gasteiger partial charge in [0, 0.05) is 31.6 Å². The summed E-state index contributed by atoms with van der Waals surface area (Å²) in [7, 11) is 1.66. The highest BCUT2D eigenvalue weighted by Gasteiger charge is 2.29. The van der Waals surface area contributed by atoms with Crippen molar-refractivity contribution >= 4 is 17.5 Å². The molecule has 1 aliphatic heterocycles. The van der Waals surface area contributed by atoms with Crippen LogP contribution >= 0.6 is 11.6 Å². The number of aryl methyl sites for hydroxylation is 1. The van der Waals surface area contributed by atoms with Gasteiger partial charge in [0.25, 0.3) is 0 Å². The zero-order valence-corrected chi connectivity index (χ0v) is 12.2. The van der Waals surface area contributed by atoms with Crippen LogP contribution in [0.25, 0.3) is 0 Å². The van der Waals surface area contributed by atoms with Gasteiger partial charge in [-0.3, -0.25) is 4.79 Å². The van der Waals surface area contributed by atoms with Crippen molar-refractivity contribution in [2.24, 2.45) is 5.92 Å². The van der Waals surface area contributed by atoms with Crippen LogP contribution in [0.2, 0.25) is 5.02 Å². The Balaban J connectivity index is 1.93. The van der Waals surface area contributed by atoms with Crippen LogP contribution in [-0.2, 0) is 16.0 Å². The monoisotopic (exact) mass is 281 g/mol. The second-order valence-electron chi connectivity index (χ2n) is 5.19. The Kier molecular flexibility index (Phi) is 4.83. The number of carbonyl (C=O) groups excluding carboxylic acids is 1. The summed E-state index contributed by atoms with van der Waals surface area (Å²) in [6.07, 6.45) is 1.58. The smallest absolute Gasteiger partial charge is 0.223 e. The Labute approximate surface area is 119 Å². The summed E-state index contributed by atoms with van der Waals surface area (Å²) in [5.41, 5.74) is 2.35. The molecule has 1 atom stereocenters. The van der Waals surface area contributed by atoms with E-state index in [1.807, 2.05) is 17.9 Å². The third kappa shape index (κ3) is 3.71. The molecule has 0 aromatic heterocycles. The van der Waals surface area contributed by atoms with Crippen molar-refractivity contribution in [1.82, 2.24) is 4.90 Å². The second-order valence-corrected chi connectivity index (χ2v) is 5.60. The maximum Gasteiger partial charge on any atom is 0.223 e. The van der Waals surface area contributed by atoms with Crippen molar-refractivity contribution in [3.05, 3.63) is 34.3 Å². The molecule has 1 aliphatic rings. The van der Waals surface area contributed by atoms with E-state index in [1.54, 1.807) is 7.11 Å². The van der Waals surface area contributed by atoms with E-state index in [1.165, 1.54) is 5.56 Å². The number of nitrogens with zero attached hydrogens (tertiary/aromatic N) is 1. The zero-order chi connectivity index (χ0) is 13.8. The maximum atomic E-state index is 11.9. The lowest BCUT2D eigenvalue weighted by molar-refractivity contribution is -0.128. The summed E-state index contributed by atoms with van der Waals surface area (Å²) in [5.74, 6) is 0.651. The average Bonchev–Trinajstić information content (AvgIpc) is 2.72. The van der Waals surface area contributed by atoms with Gasteiger partial charge in [0.05, 0.1) is 6.61 Å². The Morgan fingerprint density at radius 3 is 2.95 bits per heavy atom. The SMILES string of the molecule is COCCN1C[C@H](Cc2ccc(Cl)c(C)c2)CC1=O. The molecule has 104 valence electrons. The van der Waals surface area contributed by atoms with E-state index in [9.17, 15) is 4.79 Å². The molecule has 19 heavy (non-hydrogen) atoms. The van der Waals surface area contributed by atoms with Gasteiger partial charge in [-0.15, -0.1) is 0 Å². The molecule has 1 aromatic carbocycles. The number of amides is 1. The van der Waals surface area contributed by atoms with Crippen LogP contribution in [-0.4, -0.2) is 37.6 Å². The minimum atomic E-state index is 0.243. The first kappa shape index (κ1) is 14.4. The van der Waals surface area contributed by atoms with Crippen molar-refractivity contribution in [3.63, 3.8) is 0 Å². The number of ether oxygens (including phenoxy) is 1. The Hall–Kier alpha value is -1.06. The minimum Gasteiger partial charge on any atom is -0.383 e. The van der Waals surface area contributed by atoms with Gasteiger partial charge in [-0.25, -0.2) is 0 Å². The molecule has 2 rings (SSSR count). The number of benzene rings is 1. The fraction of sp³-hybridized carbons (Fsp3) is 0.533. The summed E-state index contributed by atoms with van der Waals surface area (Å²) in [5, 5.41) is 0.799. The molecular weight excluding hydrogens is 262 g/mol. The molecule has 0 bridgehead atoms. The largest absolute Gasteiger partial charge is 0.383 e. The van der Waals surface area contributed by atoms with Gasteiger partial charge in [-0.1, -0.05) is 23.7 Å². The van der Waals surface area contributed by atoms with Crippen molar-refractivity contribution < 1.29 is 9.53 Å². The molecule has 0 unspecified atom stereocenters. The minimum absolute atomic E-state index is 0.243. The molecule has 0 saturated carbocycles. The predicted molar refractivity (Wildman–Crippen MR) is 76.5 cm³/mol. The molecular formula is C15H20ClNO2. The van der Waals surface area contributed by atoms with Crippen LogP contribution in [0.15, 0.2) is 18.2 Å². The van der Waals surface area contributed by atoms with Crippen LogP contribution in [0.5, 0.6) is 0 Å². The summed E-state index contributed by atoms with van der Waals surface area (Å²) in [6, 6.07) is 6.11. The standard InChI is InChI=1S/C15H20ClNO2/c1-11-7-12(3-4-14(11)16)8-13-9-15(18)17(10-13)5-6-19-2/h3-4,7,13H,5-6,8-10H2,1-2H3/t13-/m1/s1. The topological polar surface area (TPSA) is 29.5 Å². The van der Waals surface area contributed by atoms with E-state index >= 15 is 0 Å². The molecule has 1 amide bonds. The number of methoxy groups -OCH3 is 1. The predicted octanol–water partition coefficient (Wildman–Crippen LogP) is 2.69. The Morgan fingerprint density at radius 2 is 2.26 bits per heavy atom. The first-order chi connectivity index (χ1) is 9.10. The molecule has 0 spiro atoms. The lowest BCUT2D eigenvalue weighted by Crippen LogP contribution is -2.28. The van der Waals surface area contributed by atoms with Gasteiger partial charge >= 0.3 is 0 Å². The molecule has 0 aliphatic carbocycles. The number of hydrogen-bond acceptors (Lipinski definition) is 2. The molecule has 0 N–H and O–H groups in total. The zero-order valence-electron chi connectivity index (χ0n) is 11.5. The van der Waals surface area contributed by atoms with E-state index < -0.39 is 0 Å². The third-order valence-corrected chi connectivity index (χ3v) is 4.03. The van der Waals surface area contributed by atoms with Gasteiger partial charge < -0.3 is 9.64 Å². The van der Waals surface area contributed by atoms with Gasteiger partial charge in [-0.2, -0.15) is 0 Å². The van der Waals surface area contributed by atoms with Crippen LogP contribution in [0, 0.1) is 12.8 Å². The number of likely N-dealkylation sites (tertiary alicyclic amines) is 1. The quantitative estimate of drug-likeness (QED) is 0.830. The molecule has 1 fully saturated rings. The summed E-state index contributed by atoms with van der Waals surface area (Å²) in [6.45, 7) is 4.16. The molecule has 4 heteroatoms. The van der Waals surface area contributed by atoms with E-state index in [2.05, 4.69) is 12.1 Å². The third-order valence-electron chi connectivity index (χ3n) is 3.61. The lowest BCUT2D eigenvalue weighted by Gasteiger charge is -2.16. The number of hydrogen-bond donors (Lipinski definition) is 0. The Morgan fingerprint density at radius 1 is 1.47 bits per heavy atom.